The average molecular weight is 425 g/mol. The van der Waals surface area contributed by atoms with E-state index < -0.39 is 0 Å². The van der Waals surface area contributed by atoms with Gasteiger partial charge in [-0.15, -0.1) is 0 Å². The Hall–Kier alpha value is -0.830. The van der Waals surface area contributed by atoms with Crippen molar-refractivity contribution in [3.63, 3.8) is 0 Å². The monoisotopic (exact) mass is 424 g/mol. The highest BCUT2D eigenvalue weighted by atomic mass is 16.1. The zero-order valence-corrected chi connectivity index (χ0v) is 21.2. The molecule has 0 bridgehead atoms. The average Bonchev–Trinajstić information content (AvgIpc) is 2.70. The van der Waals surface area contributed by atoms with E-state index in [-0.39, 0.29) is 5.91 Å². The molecule has 0 heterocycles. The normalized spacial score (nSPS) is 11.1. The van der Waals surface area contributed by atoms with Gasteiger partial charge in [-0.25, -0.2) is 0 Å². The lowest BCUT2D eigenvalue weighted by Gasteiger charge is -2.03. The van der Waals surface area contributed by atoms with Crippen molar-refractivity contribution in [2.75, 3.05) is 20.6 Å². The summed E-state index contributed by atoms with van der Waals surface area (Å²) in [6.07, 6.45) is 29.1. The molecule has 0 atom stereocenters. The highest BCUT2D eigenvalue weighted by Crippen LogP contribution is 2.12. The molecule has 0 fully saturated rings. The van der Waals surface area contributed by atoms with Crippen molar-refractivity contribution in [1.82, 2.24) is 4.90 Å². The topological polar surface area (TPSA) is 46.3 Å². The third-order valence-corrected chi connectivity index (χ3v) is 5.36. The second kappa shape index (κ2) is 28.2. The summed E-state index contributed by atoms with van der Waals surface area (Å²) in [6, 6.07) is 0. The molecule has 0 aliphatic heterocycles. The van der Waals surface area contributed by atoms with Crippen molar-refractivity contribution in [3.8, 4) is 0 Å². The SMILES string of the molecule is CCCCCCCCC=CCCCCCCCCCCCC(N)=O.CCCN(C)C. The van der Waals surface area contributed by atoms with Crippen LogP contribution in [-0.2, 0) is 4.79 Å². The minimum atomic E-state index is -0.156. The Morgan fingerprint density at radius 2 is 1.03 bits per heavy atom. The van der Waals surface area contributed by atoms with Crippen LogP contribution >= 0.6 is 0 Å². The van der Waals surface area contributed by atoms with Crippen LogP contribution in [0.4, 0.5) is 0 Å². The zero-order valence-electron chi connectivity index (χ0n) is 21.2. The number of hydrogen-bond acceptors (Lipinski definition) is 2. The van der Waals surface area contributed by atoms with Crippen LogP contribution in [0.5, 0.6) is 0 Å². The van der Waals surface area contributed by atoms with Crippen LogP contribution in [-0.4, -0.2) is 31.4 Å². The Morgan fingerprint density at radius 3 is 1.37 bits per heavy atom. The third kappa shape index (κ3) is 34.7. The molecule has 0 unspecified atom stereocenters. The molecule has 3 nitrogen and oxygen atoms in total. The molecule has 2 N–H and O–H groups in total. The first kappa shape index (κ1) is 31.4. The van der Waals surface area contributed by atoms with Gasteiger partial charge in [-0.3, -0.25) is 4.79 Å². The number of amides is 1. The van der Waals surface area contributed by atoms with Gasteiger partial charge in [-0.2, -0.15) is 0 Å². The summed E-state index contributed by atoms with van der Waals surface area (Å²) < 4.78 is 0. The van der Waals surface area contributed by atoms with Crippen LogP contribution < -0.4 is 5.73 Å². The van der Waals surface area contributed by atoms with Gasteiger partial charge in [0.2, 0.25) is 5.91 Å². The second-order valence-corrected chi connectivity index (χ2v) is 9.02. The highest BCUT2D eigenvalue weighted by molar-refractivity contribution is 5.73. The van der Waals surface area contributed by atoms with Crippen LogP contribution in [0.15, 0.2) is 12.2 Å². The number of nitrogens with two attached hydrogens (primary N) is 1. The van der Waals surface area contributed by atoms with Gasteiger partial charge in [0.1, 0.15) is 0 Å². The van der Waals surface area contributed by atoms with Crippen LogP contribution in [0.25, 0.3) is 0 Å². The number of carbonyl (C=O) groups excluding carboxylic acids is 1. The van der Waals surface area contributed by atoms with Gasteiger partial charge >= 0.3 is 0 Å². The summed E-state index contributed by atoms with van der Waals surface area (Å²) in [7, 11) is 4.17. The number of unbranched alkanes of at least 4 members (excludes halogenated alkanes) is 15. The van der Waals surface area contributed by atoms with Crippen molar-refractivity contribution in [2.45, 2.75) is 136 Å². The zero-order chi connectivity index (χ0) is 22.7. The Morgan fingerprint density at radius 1 is 0.633 bits per heavy atom. The van der Waals surface area contributed by atoms with Crippen molar-refractivity contribution in [3.05, 3.63) is 12.2 Å². The van der Waals surface area contributed by atoms with E-state index in [1.807, 2.05) is 0 Å². The number of carbonyl (C=O) groups is 1. The lowest BCUT2D eigenvalue weighted by Crippen LogP contribution is -2.11. The Labute approximate surface area is 190 Å². The van der Waals surface area contributed by atoms with Crippen LogP contribution in [0.3, 0.4) is 0 Å². The number of hydrogen-bond donors (Lipinski definition) is 1. The second-order valence-electron chi connectivity index (χ2n) is 9.02. The van der Waals surface area contributed by atoms with Crippen molar-refractivity contribution in [1.29, 1.82) is 0 Å². The van der Waals surface area contributed by atoms with Gasteiger partial charge in [-0.1, -0.05) is 103 Å². The first-order chi connectivity index (χ1) is 14.5. The maximum atomic E-state index is 10.6. The molecule has 0 aromatic rings. The summed E-state index contributed by atoms with van der Waals surface area (Å²) >= 11 is 0. The van der Waals surface area contributed by atoms with Crippen molar-refractivity contribution < 1.29 is 4.79 Å². The highest BCUT2D eigenvalue weighted by Gasteiger charge is 1.95. The van der Waals surface area contributed by atoms with Gasteiger partial charge in [0, 0.05) is 6.42 Å². The Bertz CT molecular complexity index is 353. The van der Waals surface area contributed by atoms with Crippen LogP contribution in [0.2, 0.25) is 0 Å². The molecule has 0 aliphatic rings. The molecule has 0 aromatic carbocycles. The van der Waals surface area contributed by atoms with E-state index in [0.717, 1.165) is 12.8 Å². The van der Waals surface area contributed by atoms with Gasteiger partial charge in [0.15, 0.2) is 0 Å². The standard InChI is InChI=1S/C22H43NO.C5H13N/c1-2-3-4-5-6-7-8-9-10-11-12-13-14-15-16-17-18-19-20-21-22(23)24;1-4-5-6(2)3/h9-10H,2-8,11-21H2,1H3,(H2,23,24);4-5H2,1-3H3. The summed E-state index contributed by atoms with van der Waals surface area (Å²) in [4.78, 5) is 12.8. The van der Waals surface area contributed by atoms with E-state index in [0.29, 0.717) is 6.42 Å². The molecule has 0 radical (unpaired) electrons. The molecule has 180 valence electrons. The molecule has 0 saturated heterocycles. The van der Waals surface area contributed by atoms with Crippen molar-refractivity contribution in [2.24, 2.45) is 5.73 Å². The fraction of sp³-hybridized carbons (Fsp3) is 0.889. The molecule has 30 heavy (non-hydrogen) atoms. The third-order valence-electron chi connectivity index (χ3n) is 5.36. The van der Waals surface area contributed by atoms with Gasteiger partial charge in [-0.05, 0) is 59.2 Å². The van der Waals surface area contributed by atoms with Crippen LogP contribution in [0, 0.1) is 0 Å². The maximum Gasteiger partial charge on any atom is 0.217 e. The molecule has 1 amide bonds. The number of rotatable bonds is 21. The lowest BCUT2D eigenvalue weighted by atomic mass is 10.1. The van der Waals surface area contributed by atoms with E-state index in [2.05, 4.69) is 45.0 Å². The summed E-state index contributed by atoms with van der Waals surface area (Å²) in [5.41, 5.74) is 5.13. The predicted octanol–water partition coefficient (Wildman–Crippen LogP) is 8.03. The molecule has 0 spiro atoms. The predicted molar refractivity (Wildman–Crippen MR) is 136 cm³/mol. The molecular weight excluding hydrogens is 368 g/mol. The fourth-order valence-corrected chi connectivity index (χ4v) is 3.52. The first-order valence-electron chi connectivity index (χ1n) is 13.1. The van der Waals surface area contributed by atoms with E-state index in [1.165, 1.54) is 109 Å². The van der Waals surface area contributed by atoms with E-state index in [4.69, 9.17) is 5.73 Å². The molecular formula is C27H56N2O. The Kier molecular flexibility index (Phi) is 29.4. The van der Waals surface area contributed by atoms with Gasteiger partial charge in [0.25, 0.3) is 0 Å². The molecule has 0 aromatic heterocycles. The minimum Gasteiger partial charge on any atom is -0.370 e. The smallest absolute Gasteiger partial charge is 0.217 e. The lowest BCUT2D eigenvalue weighted by molar-refractivity contribution is -0.118. The quantitative estimate of drug-likeness (QED) is 0.150. The largest absolute Gasteiger partial charge is 0.370 e. The molecule has 0 aliphatic carbocycles. The first-order valence-corrected chi connectivity index (χ1v) is 13.1. The van der Waals surface area contributed by atoms with Crippen LogP contribution in [0.1, 0.15) is 136 Å². The molecule has 0 saturated carbocycles. The van der Waals surface area contributed by atoms with E-state index in [9.17, 15) is 4.79 Å². The number of nitrogens with zero attached hydrogens (tertiary/aromatic N) is 1. The maximum absolute atomic E-state index is 10.6. The minimum absolute atomic E-state index is 0.156. The fourth-order valence-electron chi connectivity index (χ4n) is 3.52. The summed E-state index contributed by atoms with van der Waals surface area (Å²) in [6.45, 7) is 5.66. The summed E-state index contributed by atoms with van der Waals surface area (Å²) in [5.74, 6) is -0.156. The van der Waals surface area contributed by atoms with E-state index in [1.54, 1.807) is 0 Å². The van der Waals surface area contributed by atoms with Gasteiger partial charge < -0.3 is 10.6 Å². The summed E-state index contributed by atoms with van der Waals surface area (Å²) in [5, 5.41) is 0. The molecule has 0 rings (SSSR count). The Balaban J connectivity index is 0. The van der Waals surface area contributed by atoms with Crippen molar-refractivity contribution >= 4 is 5.91 Å². The number of primary amides is 1. The van der Waals surface area contributed by atoms with Gasteiger partial charge in [0.05, 0.1) is 0 Å². The molecule has 3 heteroatoms. The van der Waals surface area contributed by atoms with E-state index >= 15 is 0 Å². The number of allylic oxidation sites excluding steroid dienone is 2.